The maximum Gasteiger partial charge on any atom is 0.285 e. The van der Waals surface area contributed by atoms with Crippen molar-refractivity contribution in [2.24, 2.45) is 4.36 Å². The Bertz CT molecular complexity index is 458. The summed E-state index contributed by atoms with van der Waals surface area (Å²) < 4.78 is 16.1. The number of hydrogen-bond acceptors (Lipinski definition) is 3. The Morgan fingerprint density at radius 1 is 1.71 bits per heavy atom. The molecule has 78 valence electrons. The monoisotopic (exact) mass is 295 g/mol. The summed E-state index contributed by atoms with van der Waals surface area (Å²) in [5.74, 6) is -0.00867. The minimum absolute atomic E-state index is 0.393. The molecule has 1 aromatic rings. The van der Waals surface area contributed by atoms with Gasteiger partial charge in [-0.2, -0.15) is 4.36 Å². The van der Waals surface area contributed by atoms with Crippen LogP contribution in [-0.2, 0) is 9.73 Å². The zero-order chi connectivity index (χ0) is 10.8. The van der Waals surface area contributed by atoms with E-state index in [2.05, 4.69) is 20.3 Å². The van der Waals surface area contributed by atoms with Gasteiger partial charge in [0.05, 0.1) is 19.1 Å². The average Bonchev–Trinajstić information content (AvgIpc) is 2.51. The molecule has 1 heterocycles. The maximum atomic E-state index is 11.5. The Labute approximate surface area is 95.8 Å². The van der Waals surface area contributed by atoms with E-state index in [9.17, 15) is 9.00 Å². The molecule has 3 nitrogen and oxygen atoms in total. The van der Waals surface area contributed by atoms with Gasteiger partial charge >= 0.3 is 0 Å². The number of nitrogens with zero attached hydrogens (tertiary/aromatic N) is 1. The second-order valence-corrected chi connectivity index (χ2v) is 7.75. The highest BCUT2D eigenvalue weighted by molar-refractivity contribution is 9.11. The van der Waals surface area contributed by atoms with Crippen LogP contribution in [-0.4, -0.2) is 22.1 Å². The van der Waals surface area contributed by atoms with E-state index in [-0.39, 0.29) is 0 Å². The molecule has 1 rings (SSSR count). The van der Waals surface area contributed by atoms with Crippen LogP contribution in [0.25, 0.3) is 0 Å². The number of thiophene rings is 1. The van der Waals surface area contributed by atoms with Crippen molar-refractivity contribution in [3.05, 3.63) is 20.8 Å². The third kappa shape index (κ3) is 3.18. The Morgan fingerprint density at radius 2 is 2.36 bits per heavy atom. The van der Waals surface area contributed by atoms with Crippen LogP contribution in [0.4, 0.5) is 0 Å². The number of halogens is 1. The lowest BCUT2D eigenvalue weighted by Crippen LogP contribution is -2.04. The SMILES string of the molecule is CCS(C)(=O)=NC(=O)c1csc(Br)c1. The molecule has 0 bridgehead atoms. The molecule has 0 spiro atoms. The van der Waals surface area contributed by atoms with E-state index >= 15 is 0 Å². The van der Waals surface area contributed by atoms with Crippen molar-refractivity contribution >= 4 is 42.9 Å². The zero-order valence-electron chi connectivity index (χ0n) is 7.82. The molecule has 0 aliphatic carbocycles. The number of carbonyl (C=O) groups excluding carboxylic acids is 1. The lowest BCUT2D eigenvalue weighted by atomic mass is 10.3. The smallest absolute Gasteiger partial charge is 0.266 e. The molecular formula is C8H10BrNO2S2. The van der Waals surface area contributed by atoms with Gasteiger partial charge in [-0.3, -0.25) is 4.79 Å². The highest BCUT2D eigenvalue weighted by Gasteiger charge is 2.09. The molecule has 0 fully saturated rings. The van der Waals surface area contributed by atoms with Gasteiger partial charge in [0.25, 0.3) is 5.91 Å². The second-order valence-electron chi connectivity index (χ2n) is 2.78. The fourth-order valence-electron chi connectivity index (χ4n) is 0.715. The maximum absolute atomic E-state index is 11.5. The zero-order valence-corrected chi connectivity index (χ0v) is 11.0. The van der Waals surface area contributed by atoms with E-state index in [0.717, 1.165) is 3.79 Å². The van der Waals surface area contributed by atoms with Crippen molar-refractivity contribution in [1.82, 2.24) is 0 Å². The van der Waals surface area contributed by atoms with Crippen molar-refractivity contribution in [3.8, 4) is 0 Å². The Kier molecular flexibility index (Phi) is 3.86. The van der Waals surface area contributed by atoms with E-state index in [4.69, 9.17) is 0 Å². The summed E-state index contributed by atoms with van der Waals surface area (Å²) in [6.45, 7) is 1.75. The van der Waals surface area contributed by atoms with Gasteiger partial charge < -0.3 is 0 Å². The van der Waals surface area contributed by atoms with Crippen LogP contribution in [0.3, 0.4) is 0 Å². The number of carbonyl (C=O) groups is 1. The molecule has 1 aromatic heterocycles. The molecule has 0 aliphatic heterocycles. The van der Waals surface area contributed by atoms with Crippen LogP contribution < -0.4 is 0 Å². The largest absolute Gasteiger partial charge is 0.285 e. The van der Waals surface area contributed by atoms with Gasteiger partial charge in [-0.15, -0.1) is 11.3 Å². The summed E-state index contributed by atoms with van der Waals surface area (Å²) in [7, 11) is -2.34. The molecule has 0 saturated heterocycles. The van der Waals surface area contributed by atoms with Crippen LogP contribution in [0.1, 0.15) is 17.3 Å². The Morgan fingerprint density at radius 3 is 2.79 bits per heavy atom. The lowest BCUT2D eigenvalue weighted by Gasteiger charge is -1.96. The first-order chi connectivity index (χ1) is 6.44. The topological polar surface area (TPSA) is 46.5 Å². The number of amides is 1. The van der Waals surface area contributed by atoms with Crippen LogP contribution in [0.2, 0.25) is 0 Å². The Hall–Kier alpha value is -0.200. The quantitative estimate of drug-likeness (QED) is 0.842. The van der Waals surface area contributed by atoms with Crippen molar-refractivity contribution in [1.29, 1.82) is 0 Å². The summed E-state index contributed by atoms with van der Waals surface area (Å²) in [6.07, 6.45) is 1.49. The van der Waals surface area contributed by atoms with E-state index in [1.807, 2.05) is 0 Å². The van der Waals surface area contributed by atoms with Gasteiger partial charge in [-0.25, -0.2) is 4.21 Å². The van der Waals surface area contributed by atoms with Crippen molar-refractivity contribution in [2.45, 2.75) is 6.92 Å². The van der Waals surface area contributed by atoms with Crippen molar-refractivity contribution < 1.29 is 9.00 Å². The minimum Gasteiger partial charge on any atom is -0.266 e. The fraction of sp³-hybridized carbons (Fsp3) is 0.375. The third-order valence-electron chi connectivity index (χ3n) is 1.63. The van der Waals surface area contributed by atoms with E-state index < -0.39 is 15.6 Å². The summed E-state index contributed by atoms with van der Waals surface area (Å²) in [6, 6.07) is 1.68. The van der Waals surface area contributed by atoms with E-state index in [1.165, 1.54) is 17.6 Å². The highest BCUT2D eigenvalue weighted by atomic mass is 79.9. The molecule has 1 atom stereocenters. The molecule has 0 N–H and O–H groups in total. The van der Waals surface area contributed by atoms with Crippen LogP contribution in [0, 0.1) is 0 Å². The Balaban J connectivity index is 2.99. The molecule has 0 saturated carbocycles. The molecule has 0 radical (unpaired) electrons. The normalized spacial score (nSPS) is 14.8. The summed E-state index contributed by atoms with van der Waals surface area (Å²) in [4.78, 5) is 11.5. The van der Waals surface area contributed by atoms with Crippen LogP contribution >= 0.6 is 27.3 Å². The van der Waals surface area contributed by atoms with Gasteiger partial charge in [-0.1, -0.05) is 6.92 Å². The predicted octanol–water partition coefficient (Wildman–Crippen LogP) is 2.77. The molecule has 6 heteroatoms. The standard InChI is InChI=1S/C8H10BrNO2S2/c1-3-14(2,12)10-8(11)6-4-7(9)13-5-6/h4-5H,3H2,1-2H3. The molecule has 0 aliphatic rings. The first kappa shape index (κ1) is 11.9. The summed E-state index contributed by atoms with van der Waals surface area (Å²) in [5, 5.41) is 1.70. The first-order valence-electron chi connectivity index (χ1n) is 3.93. The van der Waals surface area contributed by atoms with E-state index in [0.29, 0.717) is 11.3 Å². The van der Waals surface area contributed by atoms with Gasteiger partial charge in [-0.05, 0) is 22.0 Å². The lowest BCUT2D eigenvalue weighted by molar-refractivity contribution is 0.101. The summed E-state index contributed by atoms with van der Waals surface area (Å²) >= 11 is 4.66. The van der Waals surface area contributed by atoms with Crippen LogP contribution in [0.15, 0.2) is 19.6 Å². The van der Waals surface area contributed by atoms with Gasteiger partial charge in [0.1, 0.15) is 0 Å². The molecule has 14 heavy (non-hydrogen) atoms. The summed E-state index contributed by atoms with van der Waals surface area (Å²) in [5.41, 5.74) is 0.491. The van der Waals surface area contributed by atoms with Crippen LogP contribution in [0.5, 0.6) is 0 Å². The third-order valence-corrected chi connectivity index (χ3v) is 4.75. The molecule has 1 amide bonds. The average molecular weight is 296 g/mol. The number of hydrogen-bond donors (Lipinski definition) is 0. The minimum atomic E-state index is -2.34. The highest BCUT2D eigenvalue weighted by Crippen LogP contribution is 2.21. The predicted molar refractivity (Wildman–Crippen MR) is 63.4 cm³/mol. The van der Waals surface area contributed by atoms with Crippen molar-refractivity contribution in [2.75, 3.05) is 12.0 Å². The van der Waals surface area contributed by atoms with Gasteiger partial charge in [0, 0.05) is 17.4 Å². The molecular weight excluding hydrogens is 286 g/mol. The second kappa shape index (κ2) is 4.55. The molecule has 0 aromatic carbocycles. The fourth-order valence-corrected chi connectivity index (χ4v) is 2.43. The van der Waals surface area contributed by atoms with Gasteiger partial charge in [0.2, 0.25) is 0 Å². The van der Waals surface area contributed by atoms with Gasteiger partial charge in [0.15, 0.2) is 0 Å². The molecule has 1 unspecified atom stereocenters. The number of rotatable bonds is 2. The first-order valence-corrected chi connectivity index (χ1v) is 7.69. The van der Waals surface area contributed by atoms with Crippen molar-refractivity contribution in [3.63, 3.8) is 0 Å². The van der Waals surface area contributed by atoms with E-state index in [1.54, 1.807) is 18.4 Å².